The van der Waals surface area contributed by atoms with Gasteiger partial charge in [-0.15, -0.1) is 0 Å². The van der Waals surface area contributed by atoms with Crippen molar-refractivity contribution in [3.63, 3.8) is 0 Å². The van der Waals surface area contributed by atoms with Crippen LogP contribution in [0.25, 0.3) is 0 Å². The second kappa shape index (κ2) is 5.95. The number of carbonyl (C=O) groups excluding carboxylic acids is 3. The van der Waals surface area contributed by atoms with E-state index >= 15 is 0 Å². The summed E-state index contributed by atoms with van der Waals surface area (Å²) in [7, 11) is 0. The Morgan fingerprint density at radius 3 is 1.96 bits per heavy atom. The highest BCUT2D eigenvalue weighted by Crippen LogP contribution is 2.59. The second-order valence-electron chi connectivity index (χ2n) is 7.19. The topological polar surface area (TPSA) is 69.7 Å². The molecule has 0 aromatic heterocycles. The Morgan fingerprint density at radius 2 is 1.61 bits per heavy atom. The highest BCUT2D eigenvalue weighted by atomic mass is 16.6. The number of ether oxygens (including phenoxy) is 2. The summed E-state index contributed by atoms with van der Waals surface area (Å²) in [5, 5.41) is 0. The third-order valence-electron chi connectivity index (χ3n) is 5.80. The molecule has 4 aliphatic carbocycles. The molecule has 0 aromatic carbocycles. The lowest BCUT2D eigenvalue weighted by Gasteiger charge is -2.58. The summed E-state index contributed by atoms with van der Waals surface area (Å²) in [5.74, 6) is 1.64. The van der Waals surface area contributed by atoms with E-state index in [-0.39, 0.29) is 11.6 Å². The Hall–Kier alpha value is -1.91. The molecule has 4 fully saturated rings. The molecular weight excluding hydrogens is 296 g/mol. The van der Waals surface area contributed by atoms with Gasteiger partial charge in [-0.3, -0.25) is 0 Å². The van der Waals surface area contributed by atoms with Crippen LogP contribution >= 0.6 is 0 Å². The third kappa shape index (κ3) is 3.09. The normalized spacial score (nSPS) is 39.5. The summed E-state index contributed by atoms with van der Waals surface area (Å²) in [6.45, 7) is 5.65. The lowest BCUT2D eigenvalue weighted by molar-refractivity contribution is -0.198. The monoisotopic (exact) mass is 318 g/mol. The van der Waals surface area contributed by atoms with Crippen molar-refractivity contribution in [3.05, 3.63) is 24.8 Å². The first-order chi connectivity index (χ1) is 10.9. The lowest BCUT2D eigenvalue weighted by Crippen LogP contribution is -2.57. The molecule has 0 amide bonds. The van der Waals surface area contributed by atoms with E-state index in [1.807, 2.05) is 0 Å². The van der Waals surface area contributed by atoms with Crippen LogP contribution in [0.4, 0.5) is 0 Å². The molecule has 1 aliphatic heterocycles. The van der Waals surface area contributed by atoms with Crippen LogP contribution in [0.15, 0.2) is 24.8 Å². The van der Waals surface area contributed by atoms with E-state index in [9.17, 15) is 14.4 Å². The first kappa shape index (κ1) is 16.0. The molecule has 5 aliphatic rings. The van der Waals surface area contributed by atoms with Gasteiger partial charge >= 0.3 is 17.9 Å². The second-order valence-corrected chi connectivity index (χ2v) is 7.19. The van der Waals surface area contributed by atoms with Gasteiger partial charge in [-0.1, -0.05) is 6.58 Å². The van der Waals surface area contributed by atoms with Gasteiger partial charge in [-0.05, 0) is 62.7 Å². The van der Waals surface area contributed by atoms with Gasteiger partial charge in [0, 0.05) is 18.2 Å². The number of hydrogen-bond donors (Lipinski definition) is 0. The maximum Gasteiger partial charge on any atom is 0.338 e. The van der Waals surface area contributed by atoms with Crippen LogP contribution in [-0.4, -0.2) is 23.5 Å². The molecule has 0 N–H and O–H groups in total. The van der Waals surface area contributed by atoms with Crippen LogP contribution in [0.2, 0.25) is 0 Å². The number of cyclic esters (lactones) is 2. The van der Waals surface area contributed by atoms with Crippen molar-refractivity contribution in [2.24, 2.45) is 23.7 Å². The summed E-state index contributed by atoms with van der Waals surface area (Å²) in [4.78, 5) is 31.3. The summed E-state index contributed by atoms with van der Waals surface area (Å²) >= 11 is 0. The van der Waals surface area contributed by atoms with Crippen LogP contribution in [0.5, 0.6) is 0 Å². The Morgan fingerprint density at radius 1 is 1.13 bits per heavy atom. The minimum atomic E-state index is -0.579. The van der Waals surface area contributed by atoms with Gasteiger partial charge < -0.3 is 9.47 Å². The highest BCUT2D eigenvalue weighted by molar-refractivity contribution is 6.04. The van der Waals surface area contributed by atoms with E-state index in [0.717, 1.165) is 24.0 Å². The molecule has 0 aromatic rings. The summed E-state index contributed by atoms with van der Waals surface area (Å²) in [5.41, 5.74) is -0.196. The first-order valence-corrected chi connectivity index (χ1v) is 8.20. The number of carbonyl (C=O) groups is 3. The van der Waals surface area contributed by atoms with Crippen molar-refractivity contribution in [2.45, 2.75) is 44.6 Å². The Labute approximate surface area is 135 Å². The molecule has 1 heterocycles. The zero-order chi connectivity index (χ0) is 16.6. The molecule has 5 heteroatoms. The molecule has 5 nitrogen and oxygen atoms in total. The van der Waals surface area contributed by atoms with E-state index in [4.69, 9.17) is 4.74 Å². The molecule has 4 saturated carbocycles. The molecule has 0 unspecified atom stereocenters. The zero-order valence-electron chi connectivity index (χ0n) is 13.3. The number of hydrogen-bond acceptors (Lipinski definition) is 5. The summed E-state index contributed by atoms with van der Waals surface area (Å²) in [6.07, 6.45) is 9.99. The predicted octanol–water partition coefficient (Wildman–Crippen LogP) is 2.56. The van der Waals surface area contributed by atoms with Gasteiger partial charge in [0.2, 0.25) is 0 Å². The Balaban J connectivity index is 0.000000188. The lowest BCUT2D eigenvalue weighted by atomic mass is 9.50. The van der Waals surface area contributed by atoms with Gasteiger partial charge in [0.25, 0.3) is 0 Å². The molecule has 0 saturated heterocycles. The van der Waals surface area contributed by atoms with Crippen molar-refractivity contribution in [3.8, 4) is 0 Å². The van der Waals surface area contributed by atoms with Crippen molar-refractivity contribution in [1.29, 1.82) is 0 Å². The van der Waals surface area contributed by atoms with Crippen LogP contribution in [0.3, 0.4) is 0 Å². The van der Waals surface area contributed by atoms with Crippen molar-refractivity contribution in [2.75, 3.05) is 0 Å². The molecule has 0 radical (unpaired) electrons. The van der Waals surface area contributed by atoms with Gasteiger partial charge in [0.1, 0.15) is 5.60 Å². The zero-order valence-corrected chi connectivity index (χ0v) is 13.3. The highest BCUT2D eigenvalue weighted by Gasteiger charge is 2.56. The fourth-order valence-electron chi connectivity index (χ4n) is 4.85. The first-order valence-electron chi connectivity index (χ1n) is 8.20. The fraction of sp³-hybridized carbons (Fsp3) is 0.611. The predicted molar refractivity (Wildman–Crippen MR) is 82.0 cm³/mol. The van der Waals surface area contributed by atoms with E-state index in [1.165, 1.54) is 38.2 Å². The Kier molecular flexibility index (Phi) is 4.13. The van der Waals surface area contributed by atoms with Crippen LogP contribution < -0.4 is 0 Å². The minimum Gasteiger partial charge on any atom is -0.456 e. The van der Waals surface area contributed by atoms with Crippen molar-refractivity contribution < 1.29 is 23.9 Å². The van der Waals surface area contributed by atoms with E-state index in [0.29, 0.717) is 11.8 Å². The van der Waals surface area contributed by atoms with Gasteiger partial charge in [0.05, 0.1) is 0 Å². The summed E-state index contributed by atoms with van der Waals surface area (Å²) in [6, 6.07) is 0. The average molecular weight is 318 g/mol. The molecule has 4 bridgehead atoms. The summed E-state index contributed by atoms with van der Waals surface area (Å²) < 4.78 is 9.68. The van der Waals surface area contributed by atoms with Gasteiger partial charge in [0.15, 0.2) is 0 Å². The average Bonchev–Trinajstić information content (AvgIpc) is 2.88. The Bertz CT molecular complexity index is 530. The minimum absolute atomic E-state index is 0.196. The SMILES string of the molecule is C=CC(=O)OC1(C)C2CC3CC(C2)CC1C3.O=C1C=CC(=O)O1. The quantitative estimate of drug-likeness (QED) is 0.444. The van der Waals surface area contributed by atoms with Crippen molar-refractivity contribution in [1.82, 2.24) is 0 Å². The molecule has 124 valence electrons. The number of esters is 3. The van der Waals surface area contributed by atoms with E-state index in [2.05, 4.69) is 18.2 Å². The molecule has 0 atom stereocenters. The third-order valence-corrected chi connectivity index (χ3v) is 5.80. The largest absolute Gasteiger partial charge is 0.456 e. The van der Waals surface area contributed by atoms with Gasteiger partial charge in [-0.2, -0.15) is 0 Å². The molecule has 23 heavy (non-hydrogen) atoms. The van der Waals surface area contributed by atoms with E-state index in [1.54, 1.807) is 0 Å². The van der Waals surface area contributed by atoms with Crippen molar-refractivity contribution >= 4 is 17.9 Å². The van der Waals surface area contributed by atoms with Crippen LogP contribution in [0.1, 0.15) is 39.0 Å². The van der Waals surface area contributed by atoms with Crippen LogP contribution in [-0.2, 0) is 23.9 Å². The number of rotatable bonds is 2. The maximum absolute atomic E-state index is 11.5. The van der Waals surface area contributed by atoms with Crippen LogP contribution in [0, 0.1) is 23.7 Å². The standard InChI is InChI=1S/C14H20O2.C4H2O3/c1-3-13(15)16-14(2)11-5-9-4-10(7-11)8-12(14)6-9;5-3-1-2-4(6)7-3/h3,9-12H,1,4-8H2,2H3;1-2H. The molecular formula is C18H22O5. The van der Waals surface area contributed by atoms with Gasteiger partial charge in [-0.25, -0.2) is 14.4 Å². The maximum atomic E-state index is 11.5. The smallest absolute Gasteiger partial charge is 0.338 e. The van der Waals surface area contributed by atoms with E-state index < -0.39 is 11.9 Å². The molecule has 5 rings (SSSR count). The molecule has 0 spiro atoms. The fourth-order valence-corrected chi connectivity index (χ4v) is 4.85.